The molecule has 38 heavy (non-hydrogen) atoms. The Balaban J connectivity index is 0.000000281. The molecule has 2 heterocycles. The first-order chi connectivity index (χ1) is 18.2. The molecule has 0 aliphatic carbocycles. The van der Waals surface area contributed by atoms with Crippen molar-refractivity contribution < 1.29 is 42.8 Å². The number of methoxy groups -OCH3 is 2. The van der Waals surface area contributed by atoms with Gasteiger partial charge in [0, 0.05) is 19.8 Å². The van der Waals surface area contributed by atoms with Crippen LogP contribution >= 0.6 is 15.9 Å². The molecule has 0 unspecified atom stereocenters. The Labute approximate surface area is 225 Å². The lowest BCUT2D eigenvalue weighted by atomic mass is 10.1. The van der Waals surface area contributed by atoms with Crippen molar-refractivity contribution in [3.63, 3.8) is 0 Å². The Morgan fingerprint density at radius 2 is 1.66 bits per heavy atom. The lowest BCUT2D eigenvalue weighted by Gasteiger charge is -2.09. The van der Waals surface area contributed by atoms with Crippen LogP contribution in [0.2, 0.25) is 0 Å². The number of aromatic nitrogens is 2. The van der Waals surface area contributed by atoms with E-state index in [1.165, 1.54) is 44.8 Å². The number of aromatic carboxylic acids is 1. The van der Waals surface area contributed by atoms with Crippen LogP contribution in [-0.2, 0) is 14.2 Å². The van der Waals surface area contributed by atoms with Crippen LogP contribution in [0.3, 0.4) is 0 Å². The Hall–Kier alpha value is -4.12. The van der Waals surface area contributed by atoms with Gasteiger partial charge in [-0.25, -0.2) is 19.0 Å². The molecule has 13 heteroatoms. The van der Waals surface area contributed by atoms with Crippen molar-refractivity contribution in [1.29, 1.82) is 5.26 Å². The number of carboxylic acid groups (broad SMARTS) is 1. The maximum absolute atomic E-state index is 13.3. The number of halogens is 2. The number of carbonyl (C=O) groups excluding carboxylic acids is 1. The van der Waals surface area contributed by atoms with E-state index in [2.05, 4.69) is 25.9 Å². The zero-order valence-corrected chi connectivity index (χ0v) is 22.2. The van der Waals surface area contributed by atoms with Crippen molar-refractivity contribution in [2.75, 3.05) is 34.4 Å². The maximum atomic E-state index is 13.3. The molecule has 0 radical (unpaired) electrons. The fourth-order valence-corrected chi connectivity index (χ4v) is 3.13. The largest absolute Gasteiger partial charge is 0.478 e. The van der Waals surface area contributed by atoms with Crippen LogP contribution < -0.4 is 9.47 Å². The molecule has 0 saturated carbocycles. The van der Waals surface area contributed by atoms with Crippen molar-refractivity contribution in [1.82, 2.24) is 9.97 Å². The predicted molar refractivity (Wildman–Crippen MR) is 134 cm³/mol. The molecule has 0 amide bonds. The molecule has 1 N–H and O–H groups in total. The van der Waals surface area contributed by atoms with Crippen molar-refractivity contribution >= 4 is 27.9 Å². The monoisotopic (exact) mass is 591 g/mol. The molecule has 3 aromatic rings. The van der Waals surface area contributed by atoms with E-state index < -0.39 is 17.8 Å². The Morgan fingerprint density at radius 1 is 1.03 bits per heavy atom. The summed E-state index contributed by atoms with van der Waals surface area (Å²) in [6.45, 7) is 1.98. The van der Waals surface area contributed by atoms with Crippen LogP contribution in [0, 0.1) is 17.1 Å². The number of ether oxygens (including phenoxy) is 5. The van der Waals surface area contributed by atoms with Crippen LogP contribution in [-0.4, -0.2) is 61.4 Å². The highest BCUT2D eigenvalue weighted by Crippen LogP contribution is 2.26. The van der Waals surface area contributed by atoms with Crippen molar-refractivity contribution in [3.05, 3.63) is 69.8 Å². The van der Waals surface area contributed by atoms with E-state index in [0.717, 1.165) is 6.07 Å². The molecular formula is C25H23BrFN3O8. The Morgan fingerprint density at radius 3 is 2.24 bits per heavy atom. The first-order valence-electron chi connectivity index (χ1n) is 10.7. The lowest BCUT2D eigenvalue weighted by molar-refractivity contribution is 0.0434. The Bertz CT molecular complexity index is 1320. The number of hydrogen-bond donors (Lipinski definition) is 1. The first-order valence-corrected chi connectivity index (χ1v) is 11.5. The van der Waals surface area contributed by atoms with Gasteiger partial charge >= 0.3 is 11.9 Å². The van der Waals surface area contributed by atoms with E-state index in [1.54, 1.807) is 19.1 Å². The fourth-order valence-electron chi connectivity index (χ4n) is 2.80. The molecule has 0 fully saturated rings. The Kier molecular flexibility index (Phi) is 12.0. The minimum atomic E-state index is -1.20. The summed E-state index contributed by atoms with van der Waals surface area (Å²) in [6, 6.07) is 8.41. The number of benzene rings is 1. The first kappa shape index (κ1) is 30.1. The highest BCUT2D eigenvalue weighted by molar-refractivity contribution is 9.10. The van der Waals surface area contributed by atoms with Gasteiger partial charge in [-0.05, 0) is 53.2 Å². The van der Waals surface area contributed by atoms with Gasteiger partial charge in [-0.1, -0.05) is 0 Å². The second-order valence-corrected chi connectivity index (χ2v) is 7.82. The summed E-state index contributed by atoms with van der Waals surface area (Å²) >= 11 is 3.18. The zero-order valence-electron chi connectivity index (χ0n) is 20.6. The average Bonchev–Trinajstić information content (AvgIpc) is 2.91. The number of pyridine rings is 2. The SMILES string of the molecule is CCOC(=O)c1cc(Br)ncc1OCOC.COCOc1cnc(-c2ccc(F)c(C#N)c2)cc1C(=O)O. The summed E-state index contributed by atoms with van der Waals surface area (Å²) in [5, 5.41) is 18.1. The molecule has 2 aromatic heterocycles. The number of carboxylic acids is 1. The molecule has 0 spiro atoms. The zero-order chi connectivity index (χ0) is 28.1. The third kappa shape index (κ3) is 8.48. The van der Waals surface area contributed by atoms with E-state index in [1.807, 2.05) is 0 Å². The van der Waals surface area contributed by atoms with E-state index in [4.69, 9.17) is 28.9 Å². The highest BCUT2D eigenvalue weighted by Gasteiger charge is 2.16. The quantitative estimate of drug-likeness (QED) is 0.202. The number of hydrogen-bond acceptors (Lipinski definition) is 10. The van der Waals surface area contributed by atoms with Gasteiger partial charge in [0.15, 0.2) is 25.1 Å². The van der Waals surface area contributed by atoms with Gasteiger partial charge in [-0.2, -0.15) is 5.26 Å². The minimum absolute atomic E-state index is 0.0513. The van der Waals surface area contributed by atoms with Crippen LogP contribution in [0.5, 0.6) is 11.5 Å². The van der Waals surface area contributed by atoms with Crippen LogP contribution in [0.1, 0.15) is 33.2 Å². The number of carbonyl (C=O) groups is 2. The standard InChI is InChI=1S/C15H11FN2O4.C10H12BrNO4/c1-21-8-22-14-7-18-13(5-11(14)15(19)20)9-2-3-12(16)10(4-9)6-17;1-3-15-10(13)7-4-9(11)12-5-8(7)16-6-14-2/h2-5,7H,8H2,1H3,(H,19,20);4-5H,3,6H2,1-2H3. The molecule has 0 bridgehead atoms. The third-order valence-corrected chi connectivity index (χ3v) is 4.91. The number of nitrogens with zero attached hydrogens (tertiary/aromatic N) is 3. The molecular weight excluding hydrogens is 569 g/mol. The second-order valence-electron chi connectivity index (χ2n) is 7.00. The molecule has 0 saturated heterocycles. The van der Waals surface area contributed by atoms with Gasteiger partial charge in [-0.3, -0.25) is 4.98 Å². The lowest BCUT2D eigenvalue weighted by Crippen LogP contribution is -2.09. The third-order valence-electron chi connectivity index (χ3n) is 4.47. The van der Waals surface area contributed by atoms with Crippen molar-refractivity contribution in [2.45, 2.75) is 6.92 Å². The smallest absolute Gasteiger partial charge is 0.342 e. The van der Waals surface area contributed by atoms with Gasteiger partial charge in [-0.15, -0.1) is 0 Å². The van der Waals surface area contributed by atoms with E-state index in [9.17, 15) is 19.1 Å². The number of rotatable bonds is 10. The van der Waals surface area contributed by atoms with Crippen LogP contribution in [0.15, 0.2) is 47.3 Å². The second kappa shape index (κ2) is 15.2. The highest BCUT2D eigenvalue weighted by atomic mass is 79.9. The van der Waals surface area contributed by atoms with Gasteiger partial charge in [0.2, 0.25) is 0 Å². The van der Waals surface area contributed by atoms with Gasteiger partial charge in [0.1, 0.15) is 27.6 Å². The summed E-state index contributed by atoms with van der Waals surface area (Å²) in [5.41, 5.74) is 0.791. The molecule has 0 aliphatic heterocycles. The summed E-state index contributed by atoms with van der Waals surface area (Å²) in [6.07, 6.45) is 2.68. The summed E-state index contributed by atoms with van der Waals surface area (Å²) < 4.78 is 38.6. The topological polar surface area (TPSA) is 150 Å². The van der Waals surface area contributed by atoms with Gasteiger partial charge in [0.25, 0.3) is 0 Å². The predicted octanol–water partition coefficient (Wildman–Crippen LogP) is 4.44. The molecule has 1 aromatic carbocycles. The minimum Gasteiger partial charge on any atom is -0.478 e. The van der Waals surface area contributed by atoms with E-state index in [-0.39, 0.29) is 30.5 Å². The number of esters is 1. The summed E-state index contributed by atoms with van der Waals surface area (Å²) in [4.78, 5) is 30.9. The molecule has 0 atom stereocenters. The van der Waals surface area contributed by atoms with Crippen molar-refractivity contribution in [3.8, 4) is 28.8 Å². The molecule has 200 valence electrons. The van der Waals surface area contributed by atoms with Crippen LogP contribution in [0.4, 0.5) is 4.39 Å². The van der Waals surface area contributed by atoms with Crippen LogP contribution in [0.25, 0.3) is 11.3 Å². The molecule has 0 aliphatic rings. The normalized spacial score (nSPS) is 10.0. The van der Waals surface area contributed by atoms with Gasteiger partial charge < -0.3 is 28.8 Å². The summed E-state index contributed by atoms with van der Waals surface area (Å²) in [5.74, 6) is -1.90. The average molecular weight is 592 g/mol. The van der Waals surface area contributed by atoms with Crippen molar-refractivity contribution in [2.24, 2.45) is 0 Å². The molecule has 11 nitrogen and oxygen atoms in total. The van der Waals surface area contributed by atoms with E-state index >= 15 is 0 Å². The number of nitriles is 1. The summed E-state index contributed by atoms with van der Waals surface area (Å²) in [7, 11) is 2.90. The van der Waals surface area contributed by atoms with E-state index in [0.29, 0.717) is 33.8 Å². The maximum Gasteiger partial charge on any atom is 0.342 e. The fraction of sp³-hybridized carbons (Fsp3) is 0.240. The molecule has 3 rings (SSSR count). The van der Waals surface area contributed by atoms with Gasteiger partial charge in [0.05, 0.1) is 30.3 Å².